The molecule has 30 heavy (non-hydrogen) atoms. The minimum Gasteiger partial charge on any atom is -0.433 e. The molecular formula is C21H18F2N4O2S. The molecule has 2 aromatic carbocycles. The quantitative estimate of drug-likeness (QED) is 0.469. The molecule has 2 heterocycles. The summed E-state index contributed by atoms with van der Waals surface area (Å²) in [4.78, 5) is 20.6. The lowest BCUT2D eigenvalue weighted by Gasteiger charge is -2.14. The topological polar surface area (TPSA) is 59.4 Å². The van der Waals surface area contributed by atoms with Gasteiger partial charge < -0.3 is 15.0 Å². The summed E-state index contributed by atoms with van der Waals surface area (Å²) in [5.41, 5.74) is 1.77. The average Bonchev–Trinajstić information content (AvgIpc) is 3.28. The monoisotopic (exact) mass is 428 g/mol. The molecule has 4 rings (SSSR count). The summed E-state index contributed by atoms with van der Waals surface area (Å²) in [6.07, 6.45) is 0. The van der Waals surface area contributed by atoms with Gasteiger partial charge in [-0.05, 0) is 30.3 Å². The summed E-state index contributed by atoms with van der Waals surface area (Å²) in [7, 11) is 3.80. The highest BCUT2D eigenvalue weighted by Gasteiger charge is 2.20. The number of carbonyl (C=O) groups is 1. The van der Waals surface area contributed by atoms with Gasteiger partial charge in [-0.25, -0.2) is 4.98 Å². The standard InChI is InChI=1S/C21H18F2N4O2S/c1-26(2)21-25-15-12-17(30-19(15)27(21)13-8-4-3-5-9-13)18(28)24-14-10-6-7-11-16(14)29-20(22)23/h3-12,20H,1-2H3,(H,24,28). The molecule has 0 aliphatic carbocycles. The molecule has 1 N–H and O–H groups in total. The number of nitrogens with one attached hydrogen (secondary N) is 1. The predicted octanol–water partition coefficient (Wildman–Crippen LogP) is 5.01. The molecule has 0 aliphatic rings. The van der Waals surface area contributed by atoms with Gasteiger partial charge in [-0.3, -0.25) is 9.36 Å². The molecule has 0 saturated carbocycles. The van der Waals surface area contributed by atoms with Crippen LogP contribution in [-0.2, 0) is 0 Å². The zero-order valence-corrected chi connectivity index (χ0v) is 17.0. The summed E-state index contributed by atoms with van der Waals surface area (Å²) >= 11 is 1.28. The second kappa shape index (κ2) is 8.11. The zero-order chi connectivity index (χ0) is 21.3. The van der Waals surface area contributed by atoms with Gasteiger partial charge in [0.15, 0.2) is 0 Å². The smallest absolute Gasteiger partial charge is 0.387 e. The number of rotatable bonds is 6. The Balaban J connectivity index is 1.70. The molecule has 1 amide bonds. The molecule has 0 spiro atoms. The van der Waals surface area contributed by atoms with Crippen LogP contribution in [0.2, 0.25) is 0 Å². The highest BCUT2D eigenvalue weighted by atomic mass is 32.1. The van der Waals surface area contributed by atoms with Crippen molar-refractivity contribution in [3.05, 3.63) is 65.5 Å². The molecule has 0 unspecified atom stereocenters. The molecule has 2 aromatic heterocycles. The van der Waals surface area contributed by atoms with Gasteiger partial charge in [0.2, 0.25) is 5.95 Å². The second-order valence-electron chi connectivity index (χ2n) is 6.61. The Bertz CT molecular complexity index is 1190. The number of hydrogen-bond acceptors (Lipinski definition) is 5. The minimum absolute atomic E-state index is 0.0937. The van der Waals surface area contributed by atoms with Crippen LogP contribution in [0.15, 0.2) is 60.7 Å². The van der Waals surface area contributed by atoms with Crippen LogP contribution in [0.4, 0.5) is 20.4 Å². The van der Waals surface area contributed by atoms with E-state index in [-0.39, 0.29) is 11.4 Å². The molecule has 0 radical (unpaired) electrons. The fourth-order valence-corrected chi connectivity index (χ4v) is 4.04. The third kappa shape index (κ3) is 3.84. The van der Waals surface area contributed by atoms with E-state index < -0.39 is 12.5 Å². The van der Waals surface area contributed by atoms with Crippen molar-refractivity contribution in [1.82, 2.24) is 9.55 Å². The summed E-state index contributed by atoms with van der Waals surface area (Å²) in [6, 6.07) is 17.5. The van der Waals surface area contributed by atoms with Crippen molar-refractivity contribution in [2.45, 2.75) is 6.61 Å². The number of carbonyl (C=O) groups excluding carboxylic acids is 1. The van der Waals surface area contributed by atoms with Crippen LogP contribution < -0.4 is 15.0 Å². The molecule has 0 saturated heterocycles. The fourth-order valence-electron chi connectivity index (χ4n) is 3.03. The van der Waals surface area contributed by atoms with Crippen molar-refractivity contribution in [1.29, 1.82) is 0 Å². The van der Waals surface area contributed by atoms with E-state index in [0.717, 1.165) is 16.5 Å². The summed E-state index contributed by atoms with van der Waals surface area (Å²) in [5.74, 6) is 0.225. The first-order valence-electron chi connectivity index (χ1n) is 9.04. The predicted molar refractivity (Wildman–Crippen MR) is 114 cm³/mol. The normalized spacial score (nSPS) is 11.1. The first-order valence-corrected chi connectivity index (χ1v) is 9.86. The third-order valence-corrected chi connectivity index (χ3v) is 5.41. The van der Waals surface area contributed by atoms with Crippen LogP contribution in [0.1, 0.15) is 9.67 Å². The lowest BCUT2D eigenvalue weighted by molar-refractivity contribution is -0.0493. The van der Waals surface area contributed by atoms with Gasteiger partial charge in [-0.2, -0.15) is 8.78 Å². The zero-order valence-electron chi connectivity index (χ0n) is 16.2. The van der Waals surface area contributed by atoms with E-state index in [1.807, 2.05) is 53.9 Å². The highest BCUT2D eigenvalue weighted by molar-refractivity contribution is 7.20. The Morgan fingerprint density at radius 3 is 2.53 bits per heavy atom. The molecular weight excluding hydrogens is 410 g/mol. The maximum absolute atomic E-state index is 12.8. The van der Waals surface area contributed by atoms with Crippen LogP contribution in [0, 0.1) is 0 Å². The van der Waals surface area contributed by atoms with Crippen LogP contribution in [0.5, 0.6) is 5.75 Å². The first kappa shape index (κ1) is 19.8. The van der Waals surface area contributed by atoms with Crippen LogP contribution in [0.25, 0.3) is 16.0 Å². The number of hydrogen-bond donors (Lipinski definition) is 1. The van der Waals surface area contributed by atoms with Crippen LogP contribution >= 0.6 is 11.3 Å². The Morgan fingerprint density at radius 1 is 1.13 bits per heavy atom. The number of imidazole rings is 1. The number of benzene rings is 2. The summed E-state index contributed by atoms with van der Waals surface area (Å²) in [5, 5.41) is 2.65. The van der Waals surface area contributed by atoms with Gasteiger partial charge in [0.25, 0.3) is 5.91 Å². The maximum atomic E-state index is 12.8. The van der Waals surface area contributed by atoms with Crippen molar-refractivity contribution in [3.8, 4) is 11.4 Å². The molecule has 9 heteroatoms. The van der Waals surface area contributed by atoms with Crippen molar-refractivity contribution >= 4 is 39.2 Å². The number of thiophene rings is 1. The van der Waals surface area contributed by atoms with Crippen LogP contribution in [0.3, 0.4) is 0 Å². The SMILES string of the molecule is CN(C)c1nc2cc(C(=O)Nc3ccccc3OC(F)F)sc2n1-c1ccccc1. The number of aromatic nitrogens is 2. The molecule has 0 atom stereocenters. The molecule has 0 aliphatic heterocycles. The van der Waals surface area contributed by atoms with Gasteiger partial charge in [0.05, 0.1) is 10.6 Å². The van der Waals surface area contributed by atoms with Crippen molar-refractivity contribution in [3.63, 3.8) is 0 Å². The van der Waals surface area contributed by atoms with E-state index in [0.29, 0.717) is 10.4 Å². The first-order chi connectivity index (χ1) is 14.4. The number of fused-ring (bicyclic) bond motifs is 1. The van der Waals surface area contributed by atoms with E-state index in [9.17, 15) is 13.6 Å². The molecule has 0 fully saturated rings. The van der Waals surface area contributed by atoms with Crippen molar-refractivity contribution < 1.29 is 18.3 Å². The molecule has 6 nitrogen and oxygen atoms in total. The van der Waals surface area contributed by atoms with Crippen LogP contribution in [-0.4, -0.2) is 36.2 Å². The highest BCUT2D eigenvalue weighted by Crippen LogP contribution is 2.33. The average molecular weight is 428 g/mol. The minimum atomic E-state index is -2.98. The van der Waals surface area contributed by atoms with E-state index in [1.165, 1.54) is 23.5 Å². The van der Waals surface area contributed by atoms with Gasteiger partial charge >= 0.3 is 6.61 Å². The van der Waals surface area contributed by atoms with E-state index in [4.69, 9.17) is 0 Å². The third-order valence-electron chi connectivity index (χ3n) is 4.31. The van der Waals surface area contributed by atoms with E-state index in [2.05, 4.69) is 15.0 Å². The number of halogens is 2. The second-order valence-corrected chi connectivity index (χ2v) is 7.64. The number of alkyl halides is 2. The molecule has 4 aromatic rings. The van der Waals surface area contributed by atoms with Crippen molar-refractivity contribution in [2.75, 3.05) is 24.3 Å². The number of para-hydroxylation sites is 3. The van der Waals surface area contributed by atoms with Gasteiger partial charge in [-0.15, -0.1) is 11.3 Å². The molecule has 154 valence electrons. The van der Waals surface area contributed by atoms with E-state index >= 15 is 0 Å². The van der Waals surface area contributed by atoms with Gasteiger partial charge in [-0.1, -0.05) is 30.3 Å². The number of anilines is 2. The number of nitrogens with zero attached hydrogens (tertiary/aromatic N) is 3. The Labute approximate surface area is 175 Å². The van der Waals surface area contributed by atoms with Crippen molar-refractivity contribution in [2.24, 2.45) is 0 Å². The van der Waals surface area contributed by atoms with Gasteiger partial charge in [0.1, 0.15) is 16.1 Å². The largest absolute Gasteiger partial charge is 0.433 e. The molecule has 0 bridgehead atoms. The Morgan fingerprint density at radius 2 is 1.83 bits per heavy atom. The Kier molecular flexibility index (Phi) is 5.37. The summed E-state index contributed by atoms with van der Waals surface area (Å²) < 4.78 is 31.7. The fraction of sp³-hybridized carbons (Fsp3) is 0.143. The van der Waals surface area contributed by atoms with Gasteiger partial charge in [0, 0.05) is 19.8 Å². The summed E-state index contributed by atoms with van der Waals surface area (Å²) in [6.45, 7) is -2.98. The maximum Gasteiger partial charge on any atom is 0.387 e. The lowest BCUT2D eigenvalue weighted by Crippen LogP contribution is -2.15. The Hall–Kier alpha value is -3.46. The number of amides is 1. The number of ether oxygens (including phenoxy) is 1. The lowest BCUT2D eigenvalue weighted by atomic mass is 10.3. The van der Waals surface area contributed by atoms with E-state index in [1.54, 1.807) is 18.2 Å².